The minimum absolute atomic E-state index is 0.849. The second-order valence-electron chi connectivity index (χ2n) is 17.2. The van der Waals surface area contributed by atoms with E-state index in [1.54, 1.807) is 0 Å². The summed E-state index contributed by atoms with van der Waals surface area (Å²) >= 11 is 1.87. The van der Waals surface area contributed by atoms with Crippen LogP contribution in [0.5, 0.6) is 0 Å². The Morgan fingerprint density at radius 2 is 0.866 bits per heavy atom. The van der Waals surface area contributed by atoms with Gasteiger partial charge in [-0.25, -0.2) is 0 Å². The van der Waals surface area contributed by atoms with Gasteiger partial charge in [-0.1, -0.05) is 206 Å². The molecule has 0 saturated carbocycles. The van der Waals surface area contributed by atoms with E-state index in [4.69, 9.17) is 4.42 Å². The van der Waals surface area contributed by atoms with E-state index in [0.717, 1.165) is 55.7 Å². The van der Waals surface area contributed by atoms with E-state index in [1.807, 2.05) is 11.3 Å². The lowest BCUT2D eigenvalue weighted by atomic mass is 9.96. The highest BCUT2D eigenvalue weighted by Crippen LogP contribution is 2.51. The Hall–Kier alpha value is -8.50. The molecule has 0 radical (unpaired) electrons. The van der Waals surface area contributed by atoms with E-state index in [9.17, 15) is 0 Å². The van der Waals surface area contributed by atoms with Gasteiger partial charge in [0.1, 0.15) is 5.58 Å². The van der Waals surface area contributed by atoms with Gasteiger partial charge in [0.05, 0.1) is 11.4 Å². The summed E-state index contributed by atoms with van der Waals surface area (Å²) in [6.45, 7) is 0. The van der Waals surface area contributed by atoms with Gasteiger partial charge in [0, 0.05) is 36.6 Å². The van der Waals surface area contributed by atoms with Crippen molar-refractivity contribution in [2.45, 2.75) is 0 Å². The molecule has 0 bridgehead atoms. The van der Waals surface area contributed by atoms with Crippen LogP contribution in [0.1, 0.15) is 0 Å². The molecule has 11 aromatic carbocycles. The molecular formula is C64H41NOS. The third-order valence-corrected chi connectivity index (χ3v) is 14.5. The van der Waals surface area contributed by atoms with Crippen molar-refractivity contribution in [1.29, 1.82) is 0 Å². The topological polar surface area (TPSA) is 16.4 Å². The average molecular weight is 872 g/mol. The zero-order chi connectivity index (χ0) is 44.3. The van der Waals surface area contributed by atoms with E-state index in [0.29, 0.717) is 0 Å². The van der Waals surface area contributed by atoms with Crippen LogP contribution in [-0.2, 0) is 0 Å². The summed E-state index contributed by atoms with van der Waals surface area (Å²) in [7, 11) is 0. The Balaban J connectivity index is 1.00. The molecular weight excluding hydrogens is 831 g/mol. The molecule has 67 heavy (non-hydrogen) atoms. The zero-order valence-corrected chi connectivity index (χ0v) is 37.3. The summed E-state index contributed by atoms with van der Waals surface area (Å²) in [6.07, 6.45) is 0. The highest BCUT2D eigenvalue weighted by Gasteiger charge is 2.25. The van der Waals surface area contributed by atoms with Crippen LogP contribution in [0.2, 0.25) is 0 Å². The first kappa shape index (κ1) is 38.9. The molecule has 0 aliphatic carbocycles. The Labute approximate surface area is 392 Å². The molecule has 0 atom stereocenters. The maximum atomic E-state index is 7.04. The van der Waals surface area contributed by atoms with Crippen molar-refractivity contribution in [2.75, 3.05) is 4.90 Å². The van der Waals surface area contributed by atoms with Gasteiger partial charge < -0.3 is 9.32 Å². The Morgan fingerprint density at radius 1 is 0.328 bits per heavy atom. The maximum absolute atomic E-state index is 7.04. The summed E-state index contributed by atoms with van der Waals surface area (Å²) in [4.78, 5) is 2.42. The van der Waals surface area contributed by atoms with Gasteiger partial charge in [0.15, 0.2) is 5.58 Å². The lowest BCUT2D eigenvalue weighted by Gasteiger charge is -2.27. The molecule has 0 N–H and O–H groups in total. The molecule has 0 spiro atoms. The van der Waals surface area contributed by atoms with Crippen molar-refractivity contribution in [2.24, 2.45) is 0 Å². The highest BCUT2D eigenvalue weighted by molar-refractivity contribution is 7.26. The molecule has 0 amide bonds. The van der Waals surface area contributed by atoms with Crippen molar-refractivity contribution in [1.82, 2.24) is 0 Å². The molecule has 2 nitrogen and oxygen atoms in total. The third kappa shape index (κ3) is 6.79. The van der Waals surface area contributed by atoms with Gasteiger partial charge in [-0.2, -0.15) is 0 Å². The standard InChI is InChI=1S/C64H41NOS/c1-4-14-42(15-5-1)49-32-36-55-56-24-13-25-59(63(56)66-60(55)40-49)65(51-34-30-45(31-35-51)44-26-28-48(29-27-44)53-23-12-21-46-20-10-11-22-52(46)53)58-39-38-54(47-18-8-3-9-19-47)64-62(58)57-37-33-50(41-61(57)67-64)43-16-6-2-7-17-43/h1-41H. The van der Waals surface area contributed by atoms with Gasteiger partial charge in [-0.3, -0.25) is 0 Å². The van der Waals surface area contributed by atoms with Crippen LogP contribution in [0.25, 0.3) is 109 Å². The fourth-order valence-corrected chi connectivity index (χ4v) is 11.3. The molecule has 314 valence electrons. The van der Waals surface area contributed by atoms with Crippen molar-refractivity contribution >= 4 is 81.3 Å². The second-order valence-corrected chi connectivity index (χ2v) is 18.3. The molecule has 13 rings (SSSR count). The lowest BCUT2D eigenvalue weighted by molar-refractivity contribution is 0.669. The number of hydrogen-bond acceptors (Lipinski definition) is 3. The SMILES string of the molecule is c1ccc(-c2ccc3c(c2)oc2c(N(c4ccc(-c5ccc(-c6cccc7ccccc67)cc5)cc4)c4ccc(-c5ccccc5)c5sc6cc(-c7ccccc7)ccc6c45)cccc23)cc1. The van der Waals surface area contributed by atoms with E-state index >= 15 is 0 Å². The van der Waals surface area contributed by atoms with Crippen LogP contribution in [0.3, 0.4) is 0 Å². The van der Waals surface area contributed by atoms with Crippen LogP contribution in [0, 0.1) is 0 Å². The molecule has 0 aliphatic rings. The minimum atomic E-state index is 0.849. The second kappa shape index (κ2) is 16.2. The van der Waals surface area contributed by atoms with Crippen molar-refractivity contribution in [3.05, 3.63) is 249 Å². The molecule has 2 aromatic heterocycles. The third-order valence-electron chi connectivity index (χ3n) is 13.3. The normalized spacial score (nSPS) is 11.6. The molecule has 0 fully saturated rings. The summed E-state index contributed by atoms with van der Waals surface area (Å²) in [5, 5.41) is 7.13. The highest BCUT2D eigenvalue weighted by atomic mass is 32.1. The number of nitrogens with zero attached hydrogens (tertiary/aromatic N) is 1. The van der Waals surface area contributed by atoms with Gasteiger partial charge in [-0.15, -0.1) is 11.3 Å². The monoisotopic (exact) mass is 871 g/mol. The first-order valence-electron chi connectivity index (χ1n) is 22.8. The summed E-state index contributed by atoms with van der Waals surface area (Å²) in [5.74, 6) is 0. The summed E-state index contributed by atoms with van der Waals surface area (Å²) in [5.41, 5.74) is 16.7. The summed E-state index contributed by atoms with van der Waals surface area (Å²) in [6, 6.07) is 90.0. The Bertz CT molecular complexity index is 3940. The number of hydrogen-bond donors (Lipinski definition) is 0. The fraction of sp³-hybridized carbons (Fsp3) is 0. The molecule has 3 heteroatoms. The quantitative estimate of drug-likeness (QED) is 0.151. The predicted molar refractivity (Wildman–Crippen MR) is 286 cm³/mol. The van der Waals surface area contributed by atoms with Crippen molar-refractivity contribution < 1.29 is 4.42 Å². The van der Waals surface area contributed by atoms with Crippen LogP contribution in [0.15, 0.2) is 253 Å². The first-order chi connectivity index (χ1) is 33.2. The summed E-state index contributed by atoms with van der Waals surface area (Å²) < 4.78 is 9.54. The number of benzene rings is 11. The number of furan rings is 1. The van der Waals surface area contributed by atoms with Crippen molar-refractivity contribution in [3.8, 4) is 55.6 Å². The van der Waals surface area contributed by atoms with Crippen LogP contribution < -0.4 is 4.90 Å². The van der Waals surface area contributed by atoms with Gasteiger partial charge in [0.25, 0.3) is 0 Å². The van der Waals surface area contributed by atoms with Crippen LogP contribution in [0.4, 0.5) is 17.1 Å². The predicted octanol–water partition coefficient (Wildman–Crippen LogP) is 18.9. The van der Waals surface area contributed by atoms with Gasteiger partial charge >= 0.3 is 0 Å². The van der Waals surface area contributed by atoms with Crippen LogP contribution >= 0.6 is 11.3 Å². The number of rotatable bonds is 8. The fourth-order valence-electron chi connectivity index (χ4n) is 10.0. The number of anilines is 3. The molecule has 13 aromatic rings. The average Bonchev–Trinajstić information content (AvgIpc) is 3.98. The van der Waals surface area contributed by atoms with E-state index in [-0.39, 0.29) is 0 Å². The Kier molecular flexibility index (Phi) is 9.40. The molecule has 0 unspecified atom stereocenters. The minimum Gasteiger partial charge on any atom is -0.454 e. The Morgan fingerprint density at radius 3 is 1.60 bits per heavy atom. The smallest absolute Gasteiger partial charge is 0.159 e. The number of fused-ring (bicyclic) bond motifs is 7. The zero-order valence-electron chi connectivity index (χ0n) is 36.4. The molecule has 2 heterocycles. The van der Waals surface area contributed by atoms with Gasteiger partial charge in [-0.05, 0) is 109 Å². The lowest BCUT2D eigenvalue weighted by Crippen LogP contribution is -2.10. The molecule has 0 saturated heterocycles. The maximum Gasteiger partial charge on any atom is 0.159 e. The van der Waals surface area contributed by atoms with Gasteiger partial charge in [0.2, 0.25) is 0 Å². The largest absolute Gasteiger partial charge is 0.454 e. The van der Waals surface area contributed by atoms with E-state index in [2.05, 4.69) is 254 Å². The van der Waals surface area contributed by atoms with Crippen molar-refractivity contribution in [3.63, 3.8) is 0 Å². The van der Waals surface area contributed by atoms with E-state index in [1.165, 1.54) is 69.9 Å². The number of thiophene rings is 1. The van der Waals surface area contributed by atoms with E-state index < -0.39 is 0 Å². The molecule has 0 aliphatic heterocycles. The first-order valence-corrected chi connectivity index (χ1v) is 23.6. The van der Waals surface area contributed by atoms with Crippen LogP contribution in [-0.4, -0.2) is 0 Å². The number of para-hydroxylation sites is 1.